The Balaban J connectivity index is 1.76. The number of carbonyl (C=O) groups excluding carboxylic acids is 2. The Bertz CT molecular complexity index is 1240. The smallest absolute Gasteiger partial charge is 0.355 e. The number of ether oxygens (including phenoxy) is 2. The minimum Gasteiger partial charge on any atom is -0.508 e. The lowest BCUT2D eigenvalue weighted by atomic mass is 9.82. The van der Waals surface area contributed by atoms with Crippen molar-refractivity contribution < 1.29 is 24.2 Å². The second-order valence-electron chi connectivity index (χ2n) is 7.90. The topological polar surface area (TPSA) is 89.0 Å². The van der Waals surface area contributed by atoms with E-state index in [1.165, 1.54) is 0 Å². The minimum absolute atomic E-state index is 0.0809. The highest BCUT2D eigenvalue weighted by atomic mass is 16.6. The van der Waals surface area contributed by atoms with E-state index in [0.29, 0.717) is 24.3 Å². The van der Waals surface area contributed by atoms with Crippen LogP contribution >= 0.6 is 0 Å². The molecule has 0 saturated heterocycles. The maximum atomic E-state index is 12.7. The van der Waals surface area contributed by atoms with Gasteiger partial charge >= 0.3 is 5.97 Å². The van der Waals surface area contributed by atoms with Gasteiger partial charge in [0.15, 0.2) is 0 Å². The van der Waals surface area contributed by atoms with Gasteiger partial charge in [0.2, 0.25) is 5.60 Å². The van der Waals surface area contributed by atoms with Crippen molar-refractivity contribution in [2.24, 2.45) is 0 Å². The summed E-state index contributed by atoms with van der Waals surface area (Å²) >= 11 is 0. The van der Waals surface area contributed by atoms with E-state index in [1.807, 2.05) is 6.08 Å². The van der Waals surface area contributed by atoms with Crippen LogP contribution in [0.1, 0.15) is 37.1 Å². The molecule has 158 valence electrons. The number of rotatable bonds is 4. The Morgan fingerprint density at radius 3 is 2.90 bits per heavy atom. The van der Waals surface area contributed by atoms with E-state index in [4.69, 9.17) is 14.5 Å². The predicted octanol–water partition coefficient (Wildman–Crippen LogP) is 3.36. The highest BCUT2D eigenvalue weighted by Gasteiger charge is 2.51. The third-order valence-electron chi connectivity index (χ3n) is 6.53. The van der Waals surface area contributed by atoms with Gasteiger partial charge in [0, 0.05) is 27.8 Å². The quantitative estimate of drug-likeness (QED) is 0.602. The number of nitrogens with zero attached hydrogens (tertiary/aromatic N) is 2. The summed E-state index contributed by atoms with van der Waals surface area (Å²) in [6.07, 6.45) is 2.92. The van der Waals surface area contributed by atoms with Crippen molar-refractivity contribution in [2.75, 3.05) is 6.61 Å². The highest BCUT2D eigenvalue weighted by molar-refractivity contribution is 5.93. The average molecular weight is 418 g/mol. The lowest BCUT2D eigenvalue weighted by molar-refractivity contribution is -0.172. The Kier molecular flexibility index (Phi) is 4.18. The molecule has 3 aliphatic heterocycles. The molecule has 0 radical (unpaired) electrons. The minimum atomic E-state index is -1.49. The molecule has 31 heavy (non-hydrogen) atoms. The average Bonchev–Trinajstić information content (AvgIpc) is 3.13. The summed E-state index contributed by atoms with van der Waals surface area (Å²) in [5.41, 5.74) is 5.19. The number of phenolic OH excluding ortho intramolecular Hbond substituents is 1. The van der Waals surface area contributed by atoms with Crippen LogP contribution in [0.25, 0.3) is 16.6 Å². The predicted molar refractivity (Wildman–Crippen MR) is 114 cm³/mol. The van der Waals surface area contributed by atoms with Gasteiger partial charge in [-0.3, -0.25) is 4.79 Å². The Morgan fingerprint density at radius 2 is 2.19 bits per heavy atom. The van der Waals surface area contributed by atoms with E-state index in [1.54, 1.807) is 25.1 Å². The number of hydrogen-bond acceptors (Lipinski definition) is 7. The third kappa shape index (κ3) is 2.49. The molecule has 0 fully saturated rings. The molecule has 7 nitrogen and oxygen atoms in total. The van der Waals surface area contributed by atoms with Crippen molar-refractivity contribution in [1.29, 1.82) is 0 Å². The number of aromatic hydroxyl groups is 1. The molecule has 7 heteroatoms. The highest BCUT2D eigenvalue weighted by Crippen LogP contribution is 2.48. The lowest BCUT2D eigenvalue weighted by Crippen LogP contribution is -2.49. The molecule has 4 heterocycles. The molecule has 0 amide bonds. The van der Waals surface area contributed by atoms with E-state index in [9.17, 15) is 14.7 Å². The Hall–Kier alpha value is -3.61. The number of hydrogen-bond donors (Lipinski definition) is 1. The summed E-state index contributed by atoms with van der Waals surface area (Å²) in [5.74, 6) is -0.372. The van der Waals surface area contributed by atoms with Gasteiger partial charge in [-0.25, -0.2) is 9.78 Å². The number of cyclic esters (lactones) is 1. The van der Waals surface area contributed by atoms with E-state index in [2.05, 4.69) is 18.4 Å². The maximum Gasteiger partial charge on any atom is 0.355 e. The van der Waals surface area contributed by atoms with Crippen molar-refractivity contribution in [3.63, 3.8) is 0 Å². The first-order valence-corrected chi connectivity index (χ1v) is 10.3. The van der Waals surface area contributed by atoms with Crippen molar-refractivity contribution in [1.82, 2.24) is 9.88 Å². The molecule has 1 atom stereocenters. The van der Waals surface area contributed by atoms with Crippen molar-refractivity contribution in [2.45, 2.75) is 38.8 Å². The lowest BCUT2D eigenvalue weighted by Gasteiger charge is -2.40. The molecule has 0 aliphatic carbocycles. The summed E-state index contributed by atoms with van der Waals surface area (Å²) in [4.78, 5) is 30.9. The number of esters is 1. The molecule has 1 aromatic carbocycles. The molecular weight excluding hydrogens is 396 g/mol. The molecule has 1 N–H and O–H groups in total. The van der Waals surface area contributed by atoms with Crippen LogP contribution < -0.4 is 0 Å². The molecule has 0 saturated carbocycles. The SMILES string of the molecule is C=C1C2=C(C=C3c4nc5ccc(O)cc5c(CC)c4CN13)C(CC)(OC=O)C(=O)OC2. The second kappa shape index (κ2) is 6.70. The number of aryl methyl sites for hydroxylation is 1. The summed E-state index contributed by atoms with van der Waals surface area (Å²) < 4.78 is 10.7. The van der Waals surface area contributed by atoms with Crippen molar-refractivity contribution in [3.8, 4) is 5.75 Å². The van der Waals surface area contributed by atoms with Gasteiger partial charge < -0.3 is 19.5 Å². The largest absolute Gasteiger partial charge is 0.508 e. The molecule has 1 unspecified atom stereocenters. The van der Waals surface area contributed by atoms with E-state index in [-0.39, 0.29) is 18.8 Å². The molecule has 3 aliphatic rings. The first-order chi connectivity index (χ1) is 14.9. The number of phenols is 1. The summed E-state index contributed by atoms with van der Waals surface area (Å²) in [6.45, 7) is 9.09. The zero-order valence-corrected chi connectivity index (χ0v) is 17.4. The van der Waals surface area contributed by atoms with Crippen LogP contribution in [-0.2, 0) is 32.0 Å². The Morgan fingerprint density at radius 1 is 1.39 bits per heavy atom. The number of benzene rings is 1. The fourth-order valence-corrected chi connectivity index (χ4v) is 4.94. The number of fused-ring (bicyclic) bond motifs is 4. The normalized spacial score (nSPS) is 22.0. The van der Waals surface area contributed by atoms with Gasteiger partial charge in [-0.15, -0.1) is 0 Å². The van der Waals surface area contributed by atoms with Gasteiger partial charge in [-0.1, -0.05) is 20.4 Å². The first-order valence-electron chi connectivity index (χ1n) is 10.3. The fraction of sp³-hybridized carbons (Fsp3) is 0.292. The van der Waals surface area contributed by atoms with Crippen LogP contribution in [0.3, 0.4) is 0 Å². The number of carbonyl (C=O) groups is 2. The van der Waals surface area contributed by atoms with Crippen LogP contribution in [0.2, 0.25) is 0 Å². The maximum absolute atomic E-state index is 12.7. The van der Waals surface area contributed by atoms with Crippen molar-refractivity contribution in [3.05, 3.63) is 64.5 Å². The van der Waals surface area contributed by atoms with Gasteiger partial charge in [0.05, 0.1) is 23.5 Å². The molecule has 2 aromatic rings. The van der Waals surface area contributed by atoms with E-state index >= 15 is 0 Å². The summed E-state index contributed by atoms with van der Waals surface area (Å²) in [5, 5.41) is 10.9. The monoisotopic (exact) mass is 418 g/mol. The van der Waals surface area contributed by atoms with Crippen LogP contribution in [0.5, 0.6) is 5.75 Å². The zero-order valence-electron chi connectivity index (χ0n) is 17.4. The van der Waals surface area contributed by atoms with E-state index < -0.39 is 11.6 Å². The number of pyridine rings is 1. The molecule has 1 aromatic heterocycles. The second-order valence-corrected chi connectivity index (χ2v) is 7.90. The van der Waals surface area contributed by atoms with Crippen LogP contribution in [0.15, 0.2) is 47.7 Å². The standard InChI is InChI=1S/C24H22N2O5/c1-4-15-16-8-14(28)6-7-20(16)25-22-17(15)10-26-13(3)18-11-30-23(29)24(5-2,31-12-27)19(18)9-21(22)26/h6-9,12,28H,3-5,10-11H2,1-2H3. The molecule has 5 rings (SSSR count). The van der Waals surface area contributed by atoms with Gasteiger partial charge in [-0.2, -0.15) is 0 Å². The zero-order chi connectivity index (χ0) is 21.9. The first kappa shape index (κ1) is 19.4. The van der Waals surface area contributed by atoms with Crippen LogP contribution in [-0.4, -0.2) is 39.6 Å². The number of aromatic nitrogens is 1. The van der Waals surface area contributed by atoms with Crippen LogP contribution in [0.4, 0.5) is 0 Å². The van der Waals surface area contributed by atoms with Crippen molar-refractivity contribution >= 4 is 29.0 Å². The summed E-state index contributed by atoms with van der Waals surface area (Å²) in [7, 11) is 0. The molecule has 0 bridgehead atoms. The third-order valence-corrected chi connectivity index (χ3v) is 6.53. The Labute approximate surface area is 179 Å². The molecular formula is C24H22N2O5. The van der Waals surface area contributed by atoms with Gasteiger partial charge in [0.1, 0.15) is 12.4 Å². The summed E-state index contributed by atoms with van der Waals surface area (Å²) in [6, 6.07) is 5.18. The van der Waals surface area contributed by atoms with Gasteiger partial charge in [0.25, 0.3) is 6.47 Å². The molecule has 0 spiro atoms. The van der Waals surface area contributed by atoms with Gasteiger partial charge in [-0.05, 0) is 42.7 Å². The fourth-order valence-electron chi connectivity index (χ4n) is 4.94. The van der Waals surface area contributed by atoms with E-state index in [0.717, 1.165) is 45.4 Å². The van der Waals surface area contributed by atoms with Crippen LogP contribution in [0, 0.1) is 0 Å².